The third-order valence-corrected chi connectivity index (χ3v) is 4.03. The first-order chi connectivity index (χ1) is 9.66. The van der Waals surface area contributed by atoms with Crippen LogP contribution in [0.2, 0.25) is 0 Å². The van der Waals surface area contributed by atoms with Crippen LogP contribution in [0.1, 0.15) is 27.7 Å². The van der Waals surface area contributed by atoms with Gasteiger partial charge in [0.25, 0.3) is 0 Å². The maximum absolute atomic E-state index is 12.1. The molecule has 2 amide bonds. The minimum absolute atomic E-state index is 0.150. The second-order valence-corrected chi connectivity index (χ2v) is 5.65. The number of aryl methyl sites for hydroxylation is 1. The van der Waals surface area contributed by atoms with Crippen LogP contribution in [0.5, 0.6) is 0 Å². The van der Waals surface area contributed by atoms with E-state index in [0.29, 0.717) is 0 Å². The molecule has 0 spiro atoms. The number of nitrogens with one attached hydrogen (secondary N) is 1. The minimum Gasteiger partial charge on any atom is -0.309 e. The first-order valence-corrected chi connectivity index (χ1v) is 7.91. The fourth-order valence-corrected chi connectivity index (χ4v) is 2.97. The zero-order valence-electron chi connectivity index (χ0n) is 13.2. The van der Waals surface area contributed by atoms with E-state index in [2.05, 4.69) is 0 Å². The molecule has 0 saturated heterocycles. The lowest BCUT2D eigenvalue weighted by Crippen LogP contribution is -2.43. The Morgan fingerprint density at radius 2 is 1.76 bits per heavy atom. The molecule has 0 bridgehead atoms. The van der Waals surface area contributed by atoms with Gasteiger partial charge in [-0.2, -0.15) is 13.0 Å². The monoisotopic (exact) mass is 316 g/mol. The second kappa shape index (κ2) is 7.72. The average molecular weight is 316 g/mol. The van der Waals surface area contributed by atoms with Crippen molar-refractivity contribution in [2.75, 3.05) is 11.9 Å². The highest BCUT2D eigenvalue weighted by atomic mass is 32.2. The van der Waals surface area contributed by atoms with Crippen LogP contribution in [0.25, 0.3) is 0 Å². The first-order valence-electron chi connectivity index (χ1n) is 6.43. The largest absolute Gasteiger partial charge is 0.341 e. The summed E-state index contributed by atoms with van der Waals surface area (Å²) in [6.45, 7) is 6.43. The van der Waals surface area contributed by atoms with Crippen molar-refractivity contribution in [3.05, 3.63) is 18.3 Å². The Balaban J connectivity index is 0.00000191. The van der Waals surface area contributed by atoms with Gasteiger partial charge in [0, 0.05) is 27.0 Å². The maximum Gasteiger partial charge on any atom is 0.341 e. The molecule has 0 atom stereocenters. The van der Waals surface area contributed by atoms with Gasteiger partial charge in [-0.3, -0.25) is 9.59 Å². The second-order valence-electron chi connectivity index (χ2n) is 4.05. The number of nitrogens with zero attached hydrogens (tertiary/aromatic N) is 2. The van der Waals surface area contributed by atoms with Gasteiger partial charge in [0.1, 0.15) is 12.7 Å². The van der Waals surface area contributed by atoms with E-state index in [1.54, 1.807) is 6.07 Å². The fraction of sp³-hybridized carbons (Fsp3) is 0.462. The zero-order valence-corrected chi connectivity index (χ0v) is 14.0. The van der Waals surface area contributed by atoms with E-state index in [0.717, 1.165) is 6.92 Å². The molecule has 0 aromatic carbocycles. The summed E-state index contributed by atoms with van der Waals surface area (Å²) >= 11 is 0. The van der Waals surface area contributed by atoms with Crippen LogP contribution in [0.3, 0.4) is 0 Å². The molecule has 0 saturated carbocycles. The number of carbonyl (C=O) groups excluding carboxylic acids is 2. The highest BCUT2D eigenvalue weighted by Gasteiger charge is 2.32. The minimum atomic E-state index is -4.03. The van der Waals surface area contributed by atoms with Gasteiger partial charge in [0.2, 0.25) is 11.8 Å². The molecule has 0 aliphatic rings. The summed E-state index contributed by atoms with van der Waals surface area (Å²) in [5.41, 5.74) is 0.200. The summed E-state index contributed by atoms with van der Waals surface area (Å²) < 4.78 is 27.5. The molecule has 8 heteroatoms. The molecule has 1 heterocycles. The number of anilines is 1. The van der Waals surface area contributed by atoms with Crippen molar-refractivity contribution in [1.82, 2.24) is 4.72 Å². The van der Waals surface area contributed by atoms with Crippen molar-refractivity contribution in [2.24, 2.45) is 7.05 Å². The highest BCUT2D eigenvalue weighted by Crippen LogP contribution is 2.20. The number of aromatic nitrogens is 1. The molecule has 0 fully saturated rings. The van der Waals surface area contributed by atoms with Crippen LogP contribution in [-0.2, 0) is 26.7 Å². The Morgan fingerprint density at radius 3 is 2.19 bits per heavy atom. The van der Waals surface area contributed by atoms with E-state index in [1.165, 1.54) is 42.7 Å². The topological polar surface area (TPSA) is 87.4 Å². The average Bonchev–Trinajstić information content (AvgIpc) is 2.37. The Hall–Kier alpha value is -1.96. The summed E-state index contributed by atoms with van der Waals surface area (Å²) in [6.07, 6.45) is 1.52. The highest BCUT2D eigenvalue weighted by molar-refractivity contribution is 7.90. The Labute approximate surface area is 125 Å². The third-order valence-electron chi connectivity index (χ3n) is 2.47. The number of pyridine rings is 1. The lowest BCUT2D eigenvalue weighted by molar-refractivity contribution is -0.708. The van der Waals surface area contributed by atoms with Crippen molar-refractivity contribution in [3.63, 3.8) is 0 Å². The van der Waals surface area contributed by atoms with Gasteiger partial charge < -0.3 is 4.90 Å². The van der Waals surface area contributed by atoms with Crippen molar-refractivity contribution in [1.29, 1.82) is 0 Å². The molecule has 0 aliphatic carbocycles. The van der Waals surface area contributed by atoms with Gasteiger partial charge in [-0.1, -0.05) is 13.8 Å². The molecule has 1 aromatic rings. The summed E-state index contributed by atoms with van der Waals surface area (Å²) in [5.74, 6) is -1.01. The predicted molar refractivity (Wildman–Crippen MR) is 79.1 cm³/mol. The molecule has 1 aromatic heterocycles. The molecule has 1 rings (SSSR count). The normalized spacial score (nSPS) is 10.2. The molecule has 7 nitrogen and oxygen atoms in total. The smallest absolute Gasteiger partial charge is 0.309 e. The number of hydrogen-bond donors (Lipinski definition) is 1. The summed E-state index contributed by atoms with van der Waals surface area (Å²) in [6, 6.07) is 3.11. The van der Waals surface area contributed by atoms with E-state index < -0.39 is 15.9 Å². The molecule has 0 aliphatic heterocycles. The Kier molecular flexibility index (Phi) is 7.00. The summed E-state index contributed by atoms with van der Waals surface area (Å²) in [7, 11) is -1.05. The van der Waals surface area contributed by atoms with Crippen LogP contribution < -0.4 is 14.2 Å². The van der Waals surface area contributed by atoms with Crippen molar-refractivity contribution in [3.8, 4) is 0 Å². The third kappa shape index (κ3) is 4.82. The standard InChI is InChI=1S/C11H15N3O4S.C2H6/c1-8(15)12-19(17,18)11-10(14(4)9(2)16)6-5-7-13(11)3;1-2/h5-7H,1-4H3;1-2H3/p+1. The van der Waals surface area contributed by atoms with Gasteiger partial charge in [0.15, 0.2) is 6.20 Å². The predicted octanol–water partition coefficient (Wildman–Crippen LogP) is 0.345. The fourth-order valence-electron chi connectivity index (χ4n) is 1.57. The quantitative estimate of drug-likeness (QED) is 0.815. The van der Waals surface area contributed by atoms with Crippen molar-refractivity contribution in [2.45, 2.75) is 32.7 Å². The molecule has 0 unspecified atom stereocenters. The summed E-state index contributed by atoms with van der Waals surface area (Å²) in [5, 5.41) is -0.150. The van der Waals surface area contributed by atoms with Crippen LogP contribution in [0, 0.1) is 0 Å². The molecule has 21 heavy (non-hydrogen) atoms. The lowest BCUT2D eigenvalue weighted by atomic mass is 10.3. The van der Waals surface area contributed by atoms with Gasteiger partial charge in [-0.05, 0) is 6.07 Å². The molecular formula is C13H22N3O4S+. The van der Waals surface area contributed by atoms with E-state index in [4.69, 9.17) is 0 Å². The Bertz CT molecular complexity index is 626. The van der Waals surface area contributed by atoms with E-state index >= 15 is 0 Å². The van der Waals surface area contributed by atoms with Gasteiger partial charge in [0.05, 0.1) is 0 Å². The van der Waals surface area contributed by atoms with Crippen LogP contribution in [-0.4, -0.2) is 27.3 Å². The zero-order chi connectivity index (χ0) is 16.8. The maximum atomic E-state index is 12.1. The molecule has 0 radical (unpaired) electrons. The van der Waals surface area contributed by atoms with Crippen molar-refractivity contribution < 1.29 is 22.6 Å². The molecule has 118 valence electrons. The SMILES string of the molecule is CC.CC(=O)NS(=O)(=O)c1c(N(C)C(C)=O)ccc[n+]1C. The number of sulfonamides is 1. The lowest BCUT2D eigenvalue weighted by Gasteiger charge is -2.16. The number of rotatable bonds is 3. The number of amides is 2. The van der Waals surface area contributed by atoms with Gasteiger partial charge in [-0.15, -0.1) is 0 Å². The van der Waals surface area contributed by atoms with E-state index in [-0.39, 0.29) is 16.6 Å². The number of hydrogen-bond acceptors (Lipinski definition) is 4. The number of carbonyl (C=O) groups is 2. The van der Waals surface area contributed by atoms with E-state index in [1.807, 2.05) is 18.6 Å². The van der Waals surface area contributed by atoms with Crippen molar-refractivity contribution >= 4 is 27.5 Å². The van der Waals surface area contributed by atoms with Gasteiger partial charge >= 0.3 is 15.0 Å². The van der Waals surface area contributed by atoms with Gasteiger partial charge in [-0.25, -0.2) is 4.72 Å². The summed E-state index contributed by atoms with van der Waals surface area (Å²) in [4.78, 5) is 23.6. The van der Waals surface area contributed by atoms with Crippen LogP contribution >= 0.6 is 0 Å². The van der Waals surface area contributed by atoms with E-state index in [9.17, 15) is 18.0 Å². The van der Waals surface area contributed by atoms with Crippen LogP contribution in [0.4, 0.5) is 5.69 Å². The molecular weight excluding hydrogens is 294 g/mol. The Morgan fingerprint density at radius 1 is 1.24 bits per heavy atom. The first kappa shape index (κ1) is 19.0. The molecule has 1 N–H and O–H groups in total. The van der Waals surface area contributed by atoms with Crippen LogP contribution in [0.15, 0.2) is 23.4 Å².